The van der Waals surface area contributed by atoms with Crippen molar-refractivity contribution in [2.75, 3.05) is 0 Å². The van der Waals surface area contributed by atoms with Crippen LogP contribution in [0.3, 0.4) is 0 Å². The van der Waals surface area contributed by atoms with Gasteiger partial charge in [-0.1, -0.05) is 11.6 Å². The van der Waals surface area contributed by atoms with Crippen LogP contribution in [0.2, 0.25) is 0 Å². The minimum absolute atomic E-state index is 0.0972. The number of alkyl halides is 1. The van der Waals surface area contributed by atoms with E-state index in [0.29, 0.717) is 0 Å². The van der Waals surface area contributed by atoms with Crippen molar-refractivity contribution >= 4 is 17.5 Å². The van der Waals surface area contributed by atoms with Gasteiger partial charge in [-0.25, -0.2) is 0 Å². The van der Waals surface area contributed by atoms with Gasteiger partial charge in [0.1, 0.15) is 5.00 Å². The summed E-state index contributed by atoms with van der Waals surface area (Å²) in [5.41, 5.74) is 0. The van der Waals surface area contributed by atoms with E-state index in [4.69, 9.17) is 11.6 Å². The van der Waals surface area contributed by atoms with Crippen molar-refractivity contribution in [2.24, 2.45) is 5.92 Å². The molecule has 0 atom stereocenters. The number of carbonyl (C=O) groups is 1. The van der Waals surface area contributed by atoms with E-state index in [9.17, 15) is 4.79 Å². The average Bonchev–Trinajstić information content (AvgIpc) is 2.35. The lowest BCUT2D eigenvalue weighted by molar-refractivity contribution is -0.123. The molecule has 0 aromatic heterocycles. The number of carbonyl (C=O) groups excluding carboxylic acids is 1. The minimum Gasteiger partial charge on any atom is -0.338 e. The van der Waals surface area contributed by atoms with Gasteiger partial charge in [-0.15, -0.1) is 0 Å². The van der Waals surface area contributed by atoms with Gasteiger partial charge in [0.05, 0.1) is 0 Å². The number of nitrogens with one attached hydrogen (secondary N) is 1. The summed E-state index contributed by atoms with van der Waals surface area (Å²) in [4.78, 5) is 10.4. The largest absolute Gasteiger partial charge is 0.338 e. The van der Waals surface area contributed by atoms with Crippen molar-refractivity contribution in [1.29, 1.82) is 0 Å². The first-order chi connectivity index (χ1) is 4.49. The van der Waals surface area contributed by atoms with Gasteiger partial charge in [-0.2, -0.15) is 0 Å². The molecule has 1 fully saturated rings. The molecule has 1 N–H and O–H groups in total. The smallest absolute Gasteiger partial charge is 0.224 e. The maximum atomic E-state index is 11.0. The van der Waals surface area contributed by atoms with Gasteiger partial charge in [-0.05, 0) is 26.7 Å². The molecule has 0 spiro atoms. The molecule has 0 heterocycles. The SMILES string of the molecule is CC(C)(Cl)NC(=O)C1CC1. The fourth-order valence-corrected chi connectivity index (χ4v) is 0.834. The highest BCUT2D eigenvalue weighted by atomic mass is 35.5. The quantitative estimate of drug-likeness (QED) is 0.483. The molecule has 58 valence electrons. The molecule has 0 saturated heterocycles. The fraction of sp³-hybridized carbons (Fsp3) is 0.857. The van der Waals surface area contributed by atoms with Crippen LogP contribution in [0.4, 0.5) is 0 Å². The van der Waals surface area contributed by atoms with Gasteiger partial charge < -0.3 is 5.32 Å². The Morgan fingerprint density at radius 3 is 2.40 bits per heavy atom. The molecule has 1 aliphatic carbocycles. The van der Waals surface area contributed by atoms with Gasteiger partial charge in [0.2, 0.25) is 5.91 Å². The van der Waals surface area contributed by atoms with Crippen LogP contribution in [-0.2, 0) is 4.79 Å². The third-order valence-corrected chi connectivity index (χ3v) is 1.46. The second kappa shape index (κ2) is 2.42. The summed E-state index contributed by atoms with van der Waals surface area (Å²) in [5, 5.41) is 2.71. The molecule has 0 aliphatic heterocycles. The first-order valence-corrected chi connectivity index (χ1v) is 3.88. The number of hydrogen-bond acceptors (Lipinski definition) is 1. The predicted molar refractivity (Wildman–Crippen MR) is 40.8 cm³/mol. The zero-order chi connectivity index (χ0) is 7.78. The summed E-state index contributed by atoms with van der Waals surface area (Å²) in [7, 11) is 0. The zero-order valence-corrected chi connectivity index (χ0v) is 7.03. The van der Waals surface area contributed by atoms with Gasteiger partial charge in [0, 0.05) is 5.92 Å². The summed E-state index contributed by atoms with van der Waals surface area (Å²) in [5.74, 6) is 0.345. The van der Waals surface area contributed by atoms with Crippen LogP contribution in [0.5, 0.6) is 0 Å². The highest BCUT2D eigenvalue weighted by Crippen LogP contribution is 2.29. The molecular formula is C7H12ClNO. The van der Waals surface area contributed by atoms with Crippen LogP contribution in [0.25, 0.3) is 0 Å². The number of halogens is 1. The summed E-state index contributed by atoms with van der Waals surface area (Å²) < 4.78 is 0. The lowest BCUT2D eigenvalue weighted by Gasteiger charge is -2.17. The molecule has 1 rings (SSSR count). The molecule has 1 saturated carbocycles. The molecule has 3 heteroatoms. The predicted octanol–water partition coefficient (Wildman–Crippen LogP) is 1.49. The van der Waals surface area contributed by atoms with Crippen molar-refractivity contribution in [3.05, 3.63) is 0 Å². The normalized spacial score (nSPS) is 18.7. The van der Waals surface area contributed by atoms with Gasteiger partial charge in [0.25, 0.3) is 0 Å². The van der Waals surface area contributed by atoms with E-state index in [0.717, 1.165) is 12.8 Å². The maximum Gasteiger partial charge on any atom is 0.224 e. The van der Waals surface area contributed by atoms with Gasteiger partial charge in [-0.3, -0.25) is 4.79 Å². The lowest BCUT2D eigenvalue weighted by atomic mass is 10.3. The lowest BCUT2D eigenvalue weighted by Crippen LogP contribution is -2.39. The number of hydrogen-bond donors (Lipinski definition) is 1. The van der Waals surface area contributed by atoms with Crippen molar-refractivity contribution in [3.8, 4) is 0 Å². The summed E-state index contributed by atoms with van der Waals surface area (Å²) in [6, 6.07) is 0. The topological polar surface area (TPSA) is 29.1 Å². The highest BCUT2D eigenvalue weighted by Gasteiger charge is 2.32. The Bertz CT molecular complexity index is 146. The molecule has 1 amide bonds. The molecule has 0 aromatic carbocycles. The van der Waals surface area contributed by atoms with E-state index >= 15 is 0 Å². The molecule has 0 unspecified atom stereocenters. The average molecular weight is 162 g/mol. The summed E-state index contributed by atoms with van der Waals surface area (Å²) >= 11 is 5.77. The van der Waals surface area contributed by atoms with E-state index in [-0.39, 0.29) is 11.8 Å². The number of amides is 1. The van der Waals surface area contributed by atoms with Crippen LogP contribution in [-0.4, -0.2) is 10.9 Å². The standard InChI is InChI=1S/C7H12ClNO/c1-7(2,8)9-6(10)5-3-4-5/h5H,3-4H2,1-2H3,(H,9,10). The summed E-state index contributed by atoms with van der Waals surface area (Å²) in [6.07, 6.45) is 2.05. The molecule has 0 aromatic rings. The zero-order valence-electron chi connectivity index (χ0n) is 6.28. The third-order valence-electron chi connectivity index (χ3n) is 1.37. The van der Waals surface area contributed by atoms with Crippen LogP contribution in [0.1, 0.15) is 26.7 Å². The Morgan fingerprint density at radius 1 is 1.60 bits per heavy atom. The third kappa shape index (κ3) is 2.56. The Kier molecular flexibility index (Phi) is 1.90. The number of rotatable bonds is 2. The Hall–Kier alpha value is -0.240. The van der Waals surface area contributed by atoms with Crippen molar-refractivity contribution in [1.82, 2.24) is 5.32 Å². The molecular weight excluding hydrogens is 150 g/mol. The monoisotopic (exact) mass is 161 g/mol. The van der Waals surface area contributed by atoms with Crippen molar-refractivity contribution in [2.45, 2.75) is 31.7 Å². The fourth-order valence-electron chi connectivity index (χ4n) is 0.741. The second-order valence-corrected chi connectivity index (χ2v) is 4.18. The van der Waals surface area contributed by atoms with E-state index in [1.165, 1.54) is 0 Å². The molecule has 2 nitrogen and oxygen atoms in total. The Balaban J connectivity index is 2.30. The molecule has 10 heavy (non-hydrogen) atoms. The Morgan fingerprint density at radius 2 is 2.10 bits per heavy atom. The van der Waals surface area contributed by atoms with Crippen LogP contribution < -0.4 is 5.32 Å². The van der Waals surface area contributed by atoms with E-state index in [1.807, 2.05) is 0 Å². The van der Waals surface area contributed by atoms with Crippen molar-refractivity contribution in [3.63, 3.8) is 0 Å². The van der Waals surface area contributed by atoms with Crippen LogP contribution >= 0.6 is 11.6 Å². The van der Waals surface area contributed by atoms with Gasteiger partial charge in [0.15, 0.2) is 0 Å². The Labute approximate surface area is 65.9 Å². The second-order valence-electron chi connectivity index (χ2n) is 3.24. The van der Waals surface area contributed by atoms with E-state index in [1.54, 1.807) is 13.8 Å². The van der Waals surface area contributed by atoms with E-state index in [2.05, 4.69) is 5.32 Å². The first kappa shape index (κ1) is 7.86. The van der Waals surface area contributed by atoms with Gasteiger partial charge >= 0.3 is 0 Å². The molecule has 1 aliphatic rings. The first-order valence-electron chi connectivity index (χ1n) is 3.50. The van der Waals surface area contributed by atoms with Crippen LogP contribution in [0.15, 0.2) is 0 Å². The molecule has 0 radical (unpaired) electrons. The minimum atomic E-state index is -0.584. The van der Waals surface area contributed by atoms with E-state index < -0.39 is 5.00 Å². The summed E-state index contributed by atoms with van der Waals surface area (Å²) in [6.45, 7) is 3.55. The van der Waals surface area contributed by atoms with Crippen molar-refractivity contribution < 1.29 is 4.79 Å². The van der Waals surface area contributed by atoms with Crippen LogP contribution in [0, 0.1) is 5.92 Å². The molecule has 0 bridgehead atoms. The maximum absolute atomic E-state index is 11.0. The highest BCUT2D eigenvalue weighted by molar-refractivity contribution is 6.24.